The summed E-state index contributed by atoms with van der Waals surface area (Å²) in [6, 6.07) is 0. The lowest BCUT2D eigenvalue weighted by Crippen LogP contribution is -2.09. The zero-order chi connectivity index (χ0) is 33.3. The van der Waals surface area contributed by atoms with E-state index in [0.717, 1.165) is 32.1 Å². The molecular weight excluding hydrogens is 540 g/mol. The van der Waals surface area contributed by atoms with Crippen molar-refractivity contribution in [2.24, 2.45) is 5.92 Å². The molecule has 0 spiro atoms. The Morgan fingerprint density at radius 1 is 0.619 bits per heavy atom. The third-order valence-corrected chi connectivity index (χ3v) is 4.82. The van der Waals surface area contributed by atoms with E-state index in [1.165, 1.54) is 19.3 Å². The number of hydrogen-bond donors (Lipinski definition) is 1. The van der Waals surface area contributed by atoms with Gasteiger partial charge in [0.15, 0.2) is 5.76 Å². The number of aliphatic hydroxyl groups excluding tert-OH is 1. The summed E-state index contributed by atoms with van der Waals surface area (Å²) in [4.78, 5) is 42.7. The van der Waals surface area contributed by atoms with Crippen LogP contribution in [-0.4, -0.2) is 55.4 Å². The molecule has 0 aliphatic rings. The van der Waals surface area contributed by atoms with Crippen LogP contribution in [0.15, 0.2) is 36.6 Å². The van der Waals surface area contributed by atoms with Crippen molar-refractivity contribution in [1.82, 2.24) is 0 Å². The fraction of sp³-hybridized carbons (Fsp3) is 0.697. The van der Waals surface area contributed by atoms with E-state index in [1.54, 1.807) is 6.92 Å². The first-order valence-electron chi connectivity index (χ1n) is 15.1. The van der Waals surface area contributed by atoms with Crippen molar-refractivity contribution in [3.63, 3.8) is 0 Å². The van der Waals surface area contributed by atoms with Crippen molar-refractivity contribution in [3.05, 3.63) is 36.6 Å². The van der Waals surface area contributed by atoms with Gasteiger partial charge in [-0.3, -0.25) is 4.79 Å². The average Bonchev–Trinajstić information content (AvgIpc) is 2.96. The van der Waals surface area contributed by atoms with Crippen LogP contribution >= 0.6 is 0 Å². The monoisotopic (exact) mass is 600 g/mol. The van der Waals surface area contributed by atoms with Crippen molar-refractivity contribution in [2.45, 2.75) is 120 Å². The smallest absolute Gasteiger partial charge is 0.372 e. The van der Waals surface area contributed by atoms with Crippen LogP contribution < -0.4 is 0 Å². The molecule has 0 fully saturated rings. The molecule has 0 aromatic carbocycles. The Hall–Kier alpha value is -3.10. The van der Waals surface area contributed by atoms with Gasteiger partial charge in [0, 0.05) is 17.6 Å². The number of carbonyl (C=O) groups excluding carboxylic acids is 4. The maximum atomic E-state index is 11.1. The van der Waals surface area contributed by atoms with E-state index in [-0.39, 0.29) is 17.9 Å². The van der Waals surface area contributed by atoms with Gasteiger partial charge in [0.25, 0.3) is 0 Å². The molecule has 0 saturated heterocycles. The second-order valence-corrected chi connectivity index (χ2v) is 9.79. The Bertz CT molecular complexity index is 755. The van der Waals surface area contributed by atoms with Crippen molar-refractivity contribution in [3.8, 4) is 0 Å². The van der Waals surface area contributed by atoms with Crippen LogP contribution in [0, 0.1) is 5.92 Å². The quantitative estimate of drug-likeness (QED) is 0.0548. The zero-order valence-electron chi connectivity index (χ0n) is 27.8. The van der Waals surface area contributed by atoms with Crippen LogP contribution in [0.2, 0.25) is 0 Å². The summed E-state index contributed by atoms with van der Waals surface area (Å²) in [7, 11) is 0. The fourth-order valence-corrected chi connectivity index (χ4v) is 2.22. The number of esters is 4. The summed E-state index contributed by atoms with van der Waals surface area (Å²) >= 11 is 0. The highest BCUT2D eigenvalue weighted by Crippen LogP contribution is 2.03. The Labute approximate surface area is 255 Å². The lowest BCUT2D eigenvalue weighted by Gasteiger charge is -2.05. The van der Waals surface area contributed by atoms with E-state index >= 15 is 0 Å². The van der Waals surface area contributed by atoms with Crippen molar-refractivity contribution < 1.29 is 43.2 Å². The summed E-state index contributed by atoms with van der Waals surface area (Å²) in [5.41, 5.74) is 1.02. The normalized spacial score (nSPS) is 9.36. The summed E-state index contributed by atoms with van der Waals surface area (Å²) in [6.45, 7) is 27.5. The first-order valence-corrected chi connectivity index (χ1v) is 15.1. The van der Waals surface area contributed by atoms with E-state index in [9.17, 15) is 19.2 Å². The molecule has 1 N–H and O–H groups in total. The largest absolute Gasteiger partial charge is 0.502 e. The molecule has 0 aliphatic heterocycles. The predicted molar refractivity (Wildman–Crippen MR) is 169 cm³/mol. The number of ether oxygens (including phenoxy) is 4. The molecule has 0 atom stereocenters. The van der Waals surface area contributed by atoms with Gasteiger partial charge in [0.2, 0.25) is 0 Å². The van der Waals surface area contributed by atoms with Gasteiger partial charge in [-0.2, -0.15) is 0 Å². The van der Waals surface area contributed by atoms with Gasteiger partial charge < -0.3 is 24.1 Å². The number of carbonyl (C=O) groups is 4. The van der Waals surface area contributed by atoms with Gasteiger partial charge in [-0.25, -0.2) is 14.4 Å². The van der Waals surface area contributed by atoms with Gasteiger partial charge in [0.1, 0.15) is 0 Å². The topological polar surface area (TPSA) is 125 Å². The molecule has 0 saturated carbocycles. The first kappa shape index (κ1) is 45.9. The number of hydrogen-bond acceptors (Lipinski definition) is 9. The van der Waals surface area contributed by atoms with Gasteiger partial charge in [-0.05, 0) is 45.1 Å². The van der Waals surface area contributed by atoms with E-state index in [2.05, 4.69) is 38.3 Å². The van der Waals surface area contributed by atoms with Crippen LogP contribution in [0.1, 0.15) is 120 Å². The molecule has 0 unspecified atom stereocenters. The second-order valence-electron chi connectivity index (χ2n) is 9.79. The average molecular weight is 601 g/mol. The SMILES string of the molecule is C=C(C)C(=O)OCC(C)C.C=C(CC)C(=O)OCCCCCC.C=C(O)C(=O)OCCC.CCCCCOC(=O)CC. The van der Waals surface area contributed by atoms with Gasteiger partial charge in [0.05, 0.1) is 26.4 Å². The maximum absolute atomic E-state index is 11.1. The highest BCUT2D eigenvalue weighted by atomic mass is 16.5. The lowest BCUT2D eigenvalue weighted by molar-refractivity contribution is -0.143. The van der Waals surface area contributed by atoms with Crippen molar-refractivity contribution in [2.75, 3.05) is 26.4 Å². The Morgan fingerprint density at radius 3 is 1.55 bits per heavy atom. The van der Waals surface area contributed by atoms with Gasteiger partial charge in [-0.15, -0.1) is 0 Å². The molecule has 0 bridgehead atoms. The number of aliphatic hydroxyl groups is 1. The Kier molecular flexibility index (Phi) is 37.2. The zero-order valence-corrected chi connectivity index (χ0v) is 27.8. The molecule has 0 rings (SSSR count). The molecule has 9 heteroatoms. The molecule has 0 aliphatic carbocycles. The summed E-state index contributed by atoms with van der Waals surface area (Å²) < 4.78 is 19.1. The molecule has 42 heavy (non-hydrogen) atoms. The van der Waals surface area contributed by atoms with Gasteiger partial charge in [-0.1, -0.05) is 93.7 Å². The standard InChI is InChI=1S/C11H20O2.C8H14O2.C8H16O2.C6H10O3/c1-4-6-7-8-9-13-11(12)10(3)5-2;1-6(2)5-10-8(9)7(3)4;1-3-5-6-7-10-8(9)4-2;1-3-4-9-6(8)5(2)7/h3-9H2,1-2H3;6H,3,5H2,1-2,4H3;3-7H2,1-2H3;7H,2-4H2,1H3. The fourth-order valence-electron chi connectivity index (χ4n) is 2.22. The molecule has 0 heterocycles. The van der Waals surface area contributed by atoms with Crippen LogP contribution in [-0.2, 0) is 38.1 Å². The van der Waals surface area contributed by atoms with Crippen LogP contribution in [0.4, 0.5) is 0 Å². The summed E-state index contributed by atoms with van der Waals surface area (Å²) in [6.07, 6.45) is 9.77. The molecule has 0 aromatic rings. The molecule has 9 nitrogen and oxygen atoms in total. The van der Waals surface area contributed by atoms with E-state index in [4.69, 9.17) is 19.3 Å². The first-order chi connectivity index (χ1) is 19.7. The maximum Gasteiger partial charge on any atom is 0.372 e. The van der Waals surface area contributed by atoms with Gasteiger partial charge >= 0.3 is 23.9 Å². The summed E-state index contributed by atoms with van der Waals surface area (Å²) in [5.74, 6) is -1.51. The Morgan fingerprint density at radius 2 is 1.12 bits per heavy atom. The number of rotatable bonds is 18. The highest BCUT2D eigenvalue weighted by molar-refractivity contribution is 5.87. The van der Waals surface area contributed by atoms with Crippen molar-refractivity contribution >= 4 is 23.9 Å². The van der Waals surface area contributed by atoms with Crippen LogP contribution in [0.3, 0.4) is 0 Å². The third-order valence-electron chi connectivity index (χ3n) is 4.82. The minimum atomic E-state index is -0.739. The second kappa shape index (κ2) is 34.1. The molecule has 0 radical (unpaired) electrons. The van der Waals surface area contributed by atoms with E-state index in [1.807, 2.05) is 34.6 Å². The molecule has 246 valence electrons. The third kappa shape index (κ3) is 39.0. The van der Waals surface area contributed by atoms with Crippen LogP contribution in [0.5, 0.6) is 0 Å². The van der Waals surface area contributed by atoms with Crippen LogP contribution in [0.25, 0.3) is 0 Å². The number of unbranched alkanes of at least 4 members (excludes halogenated alkanes) is 5. The minimum Gasteiger partial charge on any atom is -0.502 e. The van der Waals surface area contributed by atoms with E-state index < -0.39 is 11.7 Å². The Balaban J connectivity index is -0.000000232. The van der Waals surface area contributed by atoms with Crippen molar-refractivity contribution in [1.29, 1.82) is 0 Å². The molecule has 0 amide bonds. The minimum absolute atomic E-state index is 0.0869. The summed E-state index contributed by atoms with van der Waals surface area (Å²) in [5, 5.41) is 8.38. The lowest BCUT2D eigenvalue weighted by atomic mass is 10.2. The molecular formula is C33H60O9. The predicted octanol–water partition coefficient (Wildman–Crippen LogP) is 7.98. The highest BCUT2D eigenvalue weighted by Gasteiger charge is 2.05. The molecule has 0 aromatic heterocycles. The van der Waals surface area contributed by atoms with E-state index in [0.29, 0.717) is 56.3 Å².